The molecule has 0 aliphatic heterocycles. The van der Waals surface area contributed by atoms with Crippen LogP contribution in [0, 0.1) is 0 Å². The summed E-state index contributed by atoms with van der Waals surface area (Å²) in [5.74, 6) is 0.140. The molecule has 4 heteroatoms. The SMILES string of the molecule is CCCn1cc(C(=O)CCc2cccnc2)cn1. The van der Waals surface area contributed by atoms with E-state index in [-0.39, 0.29) is 5.78 Å². The minimum atomic E-state index is 0.140. The molecular weight excluding hydrogens is 226 g/mol. The Morgan fingerprint density at radius 3 is 3.00 bits per heavy atom. The highest BCUT2D eigenvalue weighted by Gasteiger charge is 2.08. The third-order valence-corrected chi connectivity index (χ3v) is 2.77. The maximum Gasteiger partial charge on any atom is 0.166 e. The van der Waals surface area contributed by atoms with Crippen molar-refractivity contribution in [1.82, 2.24) is 14.8 Å². The van der Waals surface area contributed by atoms with Gasteiger partial charge in [-0.2, -0.15) is 5.10 Å². The summed E-state index contributed by atoms with van der Waals surface area (Å²) >= 11 is 0. The number of aromatic nitrogens is 3. The van der Waals surface area contributed by atoms with Crippen LogP contribution in [0.5, 0.6) is 0 Å². The summed E-state index contributed by atoms with van der Waals surface area (Å²) in [4.78, 5) is 16.0. The number of aryl methyl sites for hydroxylation is 2. The van der Waals surface area contributed by atoms with Gasteiger partial charge in [0.05, 0.1) is 11.8 Å². The van der Waals surface area contributed by atoms with E-state index in [0.29, 0.717) is 12.0 Å². The lowest BCUT2D eigenvalue weighted by molar-refractivity contribution is 0.0982. The second kappa shape index (κ2) is 6.10. The van der Waals surface area contributed by atoms with Crippen LogP contribution in [0.4, 0.5) is 0 Å². The van der Waals surface area contributed by atoms with E-state index in [1.165, 1.54) is 0 Å². The van der Waals surface area contributed by atoms with Gasteiger partial charge in [0, 0.05) is 31.6 Å². The van der Waals surface area contributed by atoms with E-state index in [2.05, 4.69) is 17.0 Å². The zero-order chi connectivity index (χ0) is 12.8. The fraction of sp³-hybridized carbons (Fsp3) is 0.357. The topological polar surface area (TPSA) is 47.8 Å². The van der Waals surface area contributed by atoms with Gasteiger partial charge in [-0.15, -0.1) is 0 Å². The van der Waals surface area contributed by atoms with E-state index in [1.54, 1.807) is 18.6 Å². The Bertz CT molecular complexity index is 505. The summed E-state index contributed by atoms with van der Waals surface area (Å²) in [6.45, 7) is 2.95. The van der Waals surface area contributed by atoms with Crippen molar-refractivity contribution in [3.8, 4) is 0 Å². The molecule has 0 aliphatic rings. The number of pyridine rings is 1. The van der Waals surface area contributed by atoms with Crippen LogP contribution in [-0.2, 0) is 13.0 Å². The molecule has 0 N–H and O–H groups in total. The molecule has 0 unspecified atom stereocenters. The van der Waals surface area contributed by atoms with Gasteiger partial charge in [0.15, 0.2) is 5.78 Å². The lowest BCUT2D eigenvalue weighted by Gasteiger charge is -1.99. The molecule has 2 rings (SSSR count). The van der Waals surface area contributed by atoms with Crippen molar-refractivity contribution in [1.29, 1.82) is 0 Å². The Morgan fingerprint density at radius 2 is 2.28 bits per heavy atom. The average Bonchev–Trinajstić information content (AvgIpc) is 2.86. The third kappa shape index (κ3) is 3.26. The van der Waals surface area contributed by atoms with Crippen molar-refractivity contribution in [2.45, 2.75) is 32.7 Å². The third-order valence-electron chi connectivity index (χ3n) is 2.77. The largest absolute Gasteiger partial charge is 0.294 e. The second-order valence-corrected chi connectivity index (χ2v) is 4.28. The smallest absolute Gasteiger partial charge is 0.166 e. The molecule has 0 radical (unpaired) electrons. The number of hydrogen-bond acceptors (Lipinski definition) is 3. The summed E-state index contributed by atoms with van der Waals surface area (Å²) in [6, 6.07) is 3.87. The molecule has 94 valence electrons. The predicted molar refractivity (Wildman–Crippen MR) is 69.4 cm³/mol. The number of nitrogens with zero attached hydrogens (tertiary/aromatic N) is 3. The van der Waals surface area contributed by atoms with Crippen molar-refractivity contribution in [2.24, 2.45) is 0 Å². The number of hydrogen-bond donors (Lipinski definition) is 0. The highest BCUT2D eigenvalue weighted by molar-refractivity contribution is 5.95. The molecule has 0 saturated heterocycles. The lowest BCUT2D eigenvalue weighted by Crippen LogP contribution is -2.01. The summed E-state index contributed by atoms with van der Waals surface area (Å²) < 4.78 is 1.82. The van der Waals surface area contributed by atoms with Crippen molar-refractivity contribution < 1.29 is 4.79 Å². The Balaban J connectivity index is 1.91. The molecule has 4 nitrogen and oxygen atoms in total. The summed E-state index contributed by atoms with van der Waals surface area (Å²) in [7, 11) is 0. The maximum atomic E-state index is 12.0. The first-order valence-electron chi connectivity index (χ1n) is 6.24. The highest BCUT2D eigenvalue weighted by atomic mass is 16.1. The molecule has 0 fully saturated rings. The fourth-order valence-corrected chi connectivity index (χ4v) is 1.81. The molecule has 0 spiro atoms. The van der Waals surface area contributed by atoms with E-state index in [9.17, 15) is 4.79 Å². The predicted octanol–water partition coefficient (Wildman–Crippen LogP) is 2.50. The van der Waals surface area contributed by atoms with E-state index in [1.807, 2.05) is 23.0 Å². The number of Topliss-reactive ketones (excluding diaryl/α,β-unsaturated/α-hetero) is 1. The Hall–Kier alpha value is -1.97. The van der Waals surface area contributed by atoms with Gasteiger partial charge in [-0.25, -0.2) is 0 Å². The molecule has 0 amide bonds. The van der Waals surface area contributed by atoms with Crippen molar-refractivity contribution in [3.63, 3.8) is 0 Å². The standard InChI is InChI=1S/C14H17N3O/c1-2-8-17-11-13(10-16-17)14(18)6-5-12-4-3-7-15-9-12/h3-4,7,9-11H,2,5-6,8H2,1H3. The quantitative estimate of drug-likeness (QED) is 0.732. The highest BCUT2D eigenvalue weighted by Crippen LogP contribution is 2.07. The van der Waals surface area contributed by atoms with Gasteiger partial charge in [-0.1, -0.05) is 13.0 Å². The van der Waals surface area contributed by atoms with Gasteiger partial charge in [-0.3, -0.25) is 14.5 Å². The number of carbonyl (C=O) groups is 1. The van der Waals surface area contributed by atoms with Crippen LogP contribution < -0.4 is 0 Å². The van der Waals surface area contributed by atoms with E-state index < -0.39 is 0 Å². The number of ketones is 1. The van der Waals surface area contributed by atoms with Gasteiger partial charge in [0.2, 0.25) is 0 Å². The van der Waals surface area contributed by atoms with Crippen LogP contribution >= 0.6 is 0 Å². The first-order valence-corrected chi connectivity index (χ1v) is 6.24. The minimum absolute atomic E-state index is 0.140. The van der Waals surface area contributed by atoms with Gasteiger partial charge >= 0.3 is 0 Å². The fourth-order valence-electron chi connectivity index (χ4n) is 1.81. The Labute approximate surface area is 107 Å². The Morgan fingerprint density at radius 1 is 1.39 bits per heavy atom. The molecular formula is C14H17N3O. The molecule has 2 heterocycles. The van der Waals surface area contributed by atoms with Crippen molar-refractivity contribution in [2.75, 3.05) is 0 Å². The molecule has 2 aromatic rings. The molecule has 0 atom stereocenters. The normalized spacial score (nSPS) is 10.5. The van der Waals surface area contributed by atoms with Gasteiger partial charge in [0.25, 0.3) is 0 Å². The summed E-state index contributed by atoms with van der Waals surface area (Å²) in [5, 5.41) is 4.17. The van der Waals surface area contributed by atoms with Crippen molar-refractivity contribution >= 4 is 5.78 Å². The number of rotatable bonds is 6. The molecule has 18 heavy (non-hydrogen) atoms. The molecule has 2 aromatic heterocycles. The zero-order valence-electron chi connectivity index (χ0n) is 10.5. The van der Waals surface area contributed by atoms with Gasteiger partial charge in [-0.05, 0) is 24.5 Å². The van der Waals surface area contributed by atoms with E-state index >= 15 is 0 Å². The molecule has 0 saturated carbocycles. The minimum Gasteiger partial charge on any atom is -0.294 e. The van der Waals surface area contributed by atoms with E-state index in [0.717, 1.165) is 24.9 Å². The van der Waals surface area contributed by atoms with Crippen LogP contribution in [0.3, 0.4) is 0 Å². The lowest BCUT2D eigenvalue weighted by atomic mass is 10.1. The van der Waals surface area contributed by atoms with Crippen LogP contribution in [-0.4, -0.2) is 20.5 Å². The zero-order valence-corrected chi connectivity index (χ0v) is 10.5. The maximum absolute atomic E-state index is 12.0. The summed E-state index contributed by atoms with van der Waals surface area (Å²) in [6.07, 6.45) is 9.27. The van der Waals surface area contributed by atoms with Crippen molar-refractivity contribution in [3.05, 3.63) is 48.0 Å². The molecule has 0 bridgehead atoms. The van der Waals surface area contributed by atoms with Gasteiger partial charge < -0.3 is 0 Å². The molecule has 0 aliphatic carbocycles. The summed E-state index contributed by atoms with van der Waals surface area (Å²) in [5.41, 5.74) is 1.79. The molecule has 0 aromatic carbocycles. The van der Waals surface area contributed by atoms with Crippen LogP contribution in [0.2, 0.25) is 0 Å². The monoisotopic (exact) mass is 243 g/mol. The van der Waals surface area contributed by atoms with Crippen LogP contribution in [0.1, 0.15) is 35.7 Å². The second-order valence-electron chi connectivity index (χ2n) is 4.28. The van der Waals surface area contributed by atoms with Gasteiger partial charge in [0.1, 0.15) is 0 Å². The number of carbonyl (C=O) groups excluding carboxylic acids is 1. The average molecular weight is 243 g/mol. The first-order chi connectivity index (χ1) is 8.79. The van der Waals surface area contributed by atoms with Crippen LogP contribution in [0.25, 0.3) is 0 Å². The van der Waals surface area contributed by atoms with E-state index in [4.69, 9.17) is 0 Å². The first kappa shape index (κ1) is 12.5. The van der Waals surface area contributed by atoms with Crippen LogP contribution in [0.15, 0.2) is 36.9 Å². The Kier molecular flexibility index (Phi) is 4.23.